The minimum Gasteiger partial charge on any atom is -0.497 e. The zero-order valence-electron chi connectivity index (χ0n) is 13.1. The van der Waals surface area contributed by atoms with Crippen LogP contribution in [0.5, 0.6) is 11.5 Å². The zero-order chi connectivity index (χ0) is 19.1. The summed E-state index contributed by atoms with van der Waals surface area (Å²) < 4.78 is 79.4. The SMILES string of the molecule is COc1cc(F)c(C(F)(F)Oc2ccc3c(F)c(Cl)ccc3c2)c(F)c1. The van der Waals surface area contributed by atoms with Crippen LogP contribution >= 0.6 is 11.6 Å². The Morgan fingerprint density at radius 1 is 0.885 bits per heavy atom. The van der Waals surface area contributed by atoms with Crippen molar-refractivity contribution in [3.63, 3.8) is 0 Å². The second-order valence-corrected chi connectivity index (χ2v) is 5.74. The zero-order valence-corrected chi connectivity index (χ0v) is 13.9. The number of hydrogen-bond acceptors (Lipinski definition) is 2. The Hall–Kier alpha value is -2.54. The molecule has 0 bridgehead atoms. The van der Waals surface area contributed by atoms with E-state index in [0.29, 0.717) is 12.1 Å². The average Bonchev–Trinajstić information content (AvgIpc) is 2.57. The van der Waals surface area contributed by atoms with Crippen LogP contribution in [0.2, 0.25) is 5.02 Å². The van der Waals surface area contributed by atoms with Gasteiger partial charge in [0.2, 0.25) is 0 Å². The molecule has 2 nitrogen and oxygen atoms in total. The number of benzene rings is 3. The van der Waals surface area contributed by atoms with Crippen LogP contribution in [0.25, 0.3) is 10.8 Å². The molecule has 0 aromatic heterocycles. The third kappa shape index (κ3) is 3.26. The smallest absolute Gasteiger partial charge is 0.432 e. The fourth-order valence-electron chi connectivity index (χ4n) is 2.45. The summed E-state index contributed by atoms with van der Waals surface area (Å²) in [6.45, 7) is 0. The Balaban J connectivity index is 2.00. The molecule has 0 aliphatic rings. The molecule has 26 heavy (non-hydrogen) atoms. The van der Waals surface area contributed by atoms with Crippen molar-refractivity contribution in [2.75, 3.05) is 7.11 Å². The Kier molecular flexibility index (Phi) is 4.66. The van der Waals surface area contributed by atoms with Crippen LogP contribution in [0.4, 0.5) is 22.0 Å². The summed E-state index contributed by atoms with van der Waals surface area (Å²) in [4.78, 5) is 0. The van der Waals surface area contributed by atoms with E-state index >= 15 is 0 Å². The molecule has 0 heterocycles. The maximum absolute atomic E-state index is 14.3. The lowest BCUT2D eigenvalue weighted by Gasteiger charge is -2.20. The van der Waals surface area contributed by atoms with E-state index in [1.165, 1.54) is 18.2 Å². The topological polar surface area (TPSA) is 18.5 Å². The van der Waals surface area contributed by atoms with Crippen LogP contribution in [-0.4, -0.2) is 7.11 Å². The first-order valence-corrected chi connectivity index (χ1v) is 7.59. The fourth-order valence-corrected chi connectivity index (χ4v) is 2.62. The van der Waals surface area contributed by atoms with Crippen molar-refractivity contribution in [3.8, 4) is 11.5 Å². The second kappa shape index (κ2) is 6.64. The van der Waals surface area contributed by atoms with Crippen molar-refractivity contribution in [2.24, 2.45) is 0 Å². The van der Waals surface area contributed by atoms with E-state index in [1.54, 1.807) is 0 Å². The third-order valence-corrected chi connectivity index (χ3v) is 3.96. The molecule has 136 valence electrons. The van der Waals surface area contributed by atoms with Gasteiger partial charge < -0.3 is 9.47 Å². The number of alkyl halides is 2. The molecule has 0 aliphatic carbocycles. The quantitative estimate of drug-likeness (QED) is 0.507. The summed E-state index contributed by atoms with van der Waals surface area (Å²) in [7, 11) is 1.14. The molecule has 0 unspecified atom stereocenters. The highest BCUT2D eigenvalue weighted by atomic mass is 35.5. The number of halogens is 6. The van der Waals surface area contributed by atoms with Gasteiger partial charge in [-0.15, -0.1) is 0 Å². The third-order valence-electron chi connectivity index (χ3n) is 3.67. The molecular weight excluding hydrogens is 379 g/mol. The first-order chi connectivity index (χ1) is 12.2. The predicted molar refractivity (Wildman–Crippen MR) is 86.3 cm³/mol. The van der Waals surface area contributed by atoms with Crippen molar-refractivity contribution in [2.45, 2.75) is 6.11 Å². The minimum atomic E-state index is -4.31. The number of methoxy groups -OCH3 is 1. The van der Waals surface area contributed by atoms with Crippen molar-refractivity contribution >= 4 is 22.4 Å². The molecule has 0 radical (unpaired) electrons. The Labute approximate surface area is 149 Å². The fraction of sp³-hybridized carbons (Fsp3) is 0.111. The lowest BCUT2D eigenvalue weighted by molar-refractivity contribution is -0.189. The summed E-state index contributed by atoms with van der Waals surface area (Å²) in [6, 6.07) is 7.24. The molecule has 3 aromatic rings. The van der Waals surface area contributed by atoms with E-state index in [2.05, 4.69) is 9.47 Å². The van der Waals surface area contributed by atoms with Crippen molar-refractivity contribution in [3.05, 3.63) is 70.5 Å². The van der Waals surface area contributed by atoms with E-state index < -0.39 is 34.9 Å². The van der Waals surface area contributed by atoms with Crippen LogP contribution in [0.15, 0.2) is 42.5 Å². The number of ether oxygens (including phenoxy) is 2. The van der Waals surface area contributed by atoms with Gasteiger partial charge in [0.05, 0.1) is 12.1 Å². The summed E-state index contributed by atoms with van der Waals surface area (Å²) in [6.07, 6.45) is -4.31. The number of rotatable bonds is 4. The Morgan fingerprint density at radius 2 is 1.54 bits per heavy atom. The van der Waals surface area contributed by atoms with Crippen LogP contribution in [0.1, 0.15) is 5.56 Å². The van der Waals surface area contributed by atoms with Crippen LogP contribution in [0, 0.1) is 17.5 Å². The van der Waals surface area contributed by atoms with E-state index in [1.807, 2.05) is 0 Å². The molecule has 0 aliphatic heterocycles. The molecular formula is C18H10ClF5O2. The lowest BCUT2D eigenvalue weighted by atomic mass is 10.1. The van der Waals surface area contributed by atoms with Crippen molar-refractivity contribution in [1.82, 2.24) is 0 Å². The van der Waals surface area contributed by atoms with Gasteiger partial charge in [-0.1, -0.05) is 17.7 Å². The van der Waals surface area contributed by atoms with Gasteiger partial charge in [0.1, 0.15) is 34.5 Å². The average molecular weight is 389 g/mol. The number of fused-ring (bicyclic) bond motifs is 1. The summed E-state index contributed by atoms with van der Waals surface area (Å²) in [5.74, 6) is -4.41. The highest BCUT2D eigenvalue weighted by Gasteiger charge is 2.41. The molecule has 0 N–H and O–H groups in total. The first kappa shape index (κ1) is 18.3. The van der Waals surface area contributed by atoms with Gasteiger partial charge in [0, 0.05) is 17.5 Å². The predicted octanol–water partition coefficient (Wildman–Crippen LogP) is 6.05. The molecule has 0 fully saturated rings. The summed E-state index contributed by atoms with van der Waals surface area (Å²) in [5.41, 5.74) is -1.55. The Bertz CT molecular complexity index is 968. The monoisotopic (exact) mass is 388 g/mol. The maximum atomic E-state index is 14.3. The van der Waals surface area contributed by atoms with Gasteiger partial charge in [-0.05, 0) is 29.7 Å². The normalized spacial score (nSPS) is 11.7. The highest BCUT2D eigenvalue weighted by Crippen LogP contribution is 2.37. The molecule has 3 aromatic carbocycles. The van der Waals surface area contributed by atoms with Crippen LogP contribution in [-0.2, 0) is 6.11 Å². The van der Waals surface area contributed by atoms with E-state index in [4.69, 9.17) is 11.6 Å². The molecule has 0 saturated heterocycles. The maximum Gasteiger partial charge on any atom is 0.432 e. The van der Waals surface area contributed by atoms with E-state index in [-0.39, 0.29) is 21.5 Å². The van der Waals surface area contributed by atoms with Crippen LogP contribution < -0.4 is 9.47 Å². The van der Waals surface area contributed by atoms with Gasteiger partial charge in [-0.3, -0.25) is 0 Å². The first-order valence-electron chi connectivity index (χ1n) is 7.21. The lowest BCUT2D eigenvalue weighted by Crippen LogP contribution is -2.25. The van der Waals surface area contributed by atoms with Gasteiger partial charge in [0.25, 0.3) is 0 Å². The standard InChI is InChI=1S/C18H10ClF5O2/c1-25-11-7-14(20)16(15(21)8-11)18(23,24)26-10-3-4-12-9(6-10)2-5-13(19)17(12)22/h2-8H,1H3. The molecule has 3 rings (SSSR count). The molecule has 8 heteroatoms. The molecule has 0 atom stereocenters. The van der Waals surface area contributed by atoms with Gasteiger partial charge in [-0.25, -0.2) is 13.2 Å². The summed E-state index contributed by atoms with van der Waals surface area (Å²) in [5, 5.41) is 0.199. The molecule has 0 saturated carbocycles. The largest absolute Gasteiger partial charge is 0.497 e. The Morgan fingerprint density at radius 3 is 2.15 bits per heavy atom. The van der Waals surface area contributed by atoms with Crippen molar-refractivity contribution < 1.29 is 31.4 Å². The highest BCUT2D eigenvalue weighted by molar-refractivity contribution is 6.31. The van der Waals surface area contributed by atoms with Gasteiger partial charge in [-0.2, -0.15) is 8.78 Å². The molecule has 0 spiro atoms. The second-order valence-electron chi connectivity index (χ2n) is 5.33. The van der Waals surface area contributed by atoms with Crippen LogP contribution in [0.3, 0.4) is 0 Å². The van der Waals surface area contributed by atoms with Gasteiger partial charge in [0.15, 0.2) is 0 Å². The van der Waals surface area contributed by atoms with E-state index in [9.17, 15) is 22.0 Å². The number of hydrogen-bond donors (Lipinski definition) is 0. The summed E-state index contributed by atoms with van der Waals surface area (Å²) >= 11 is 5.65. The molecule has 0 amide bonds. The van der Waals surface area contributed by atoms with E-state index in [0.717, 1.165) is 19.2 Å². The van der Waals surface area contributed by atoms with Crippen molar-refractivity contribution in [1.29, 1.82) is 0 Å². The van der Waals surface area contributed by atoms with Gasteiger partial charge >= 0.3 is 6.11 Å². The minimum absolute atomic E-state index is 0.0926.